The van der Waals surface area contributed by atoms with Gasteiger partial charge in [0.2, 0.25) is 0 Å². The Labute approximate surface area is 83.0 Å². The molecule has 2 nitrogen and oxygen atoms in total. The summed E-state index contributed by atoms with van der Waals surface area (Å²) in [6.45, 7) is 2.60. The zero-order chi connectivity index (χ0) is 9.68. The summed E-state index contributed by atoms with van der Waals surface area (Å²) >= 11 is 1.74. The van der Waals surface area contributed by atoms with Crippen molar-refractivity contribution in [1.82, 2.24) is 5.32 Å². The van der Waals surface area contributed by atoms with Gasteiger partial charge in [0.25, 0.3) is 0 Å². The predicted molar refractivity (Wildman–Crippen MR) is 56.3 cm³/mol. The monoisotopic (exact) mass is 197 g/mol. The lowest BCUT2D eigenvalue weighted by Crippen LogP contribution is -2.19. The average molecular weight is 197 g/mol. The molecule has 72 valence electrons. The van der Waals surface area contributed by atoms with Crippen LogP contribution in [0.15, 0.2) is 12.1 Å². The first-order valence-electron chi connectivity index (χ1n) is 4.50. The molecule has 1 heterocycles. The molecule has 0 aromatic carbocycles. The van der Waals surface area contributed by atoms with Crippen LogP contribution in [0.3, 0.4) is 0 Å². The van der Waals surface area contributed by atoms with Crippen LogP contribution in [-0.2, 0) is 17.6 Å². The van der Waals surface area contributed by atoms with E-state index in [0.717, 1.165) is 6.42 Å². The standard InChI is InChI=1S/C10H15NOS/c1-3-9-4-5-10(13-9)6-8(12)7-11-2/h4-5,11H,3,6-7H2,1-2H3. The van der Waals surface area contributed by atoms with Crippen LogP contribution in [0.2, 0.25) is 0 Å². The number of ketones is 1. The number of hydrogen-bond donors (Lipinski definition) is 1. The van der Waals surface area contributed by atoms with Crippen LogP contribution in [-0.4, -0.2) is 19.4 Å². The molecule has 1 aromatic heterocycles. The summed E-state index contributed by atoms with van der Waals surface area (Å²) in [5.41, 5.74) is 0. The summed E-state index contributed by atoms with van der Waals surface area (Å²) < 4.78 is 0. The number of Topliss-reactive ketones (excluding diaryl/α,β-unsaturated/α-hetero) is 1. The highest BCUT2D eigenvalue weighted by molar-refractivity contribution is 7.12. The van der Waals surface area contributed by atoms with Crippen molar-refractivity contribution in [2.75, 3.05) is 13.6 Å². The number of aryl methyl sites for hydroxylation is 1. The molecule has 0 bridgehead atoms. The summed E-state index contributed by atoms with van der Waals surface area (Å²) in [5.74, 6) is 0.256. The third-order valence-electron chi connectivity index (χ3n) is 1.81. The minimum absolute atomic E-state index is 0.256. The molecule has 0 unspecified atom stereocenters. The van der Waals surface area contributed by atoms with Crippen LogP contribution in [0.5, 0.6) is 0 Å². The fraction of sp³-hybridized carbons (Fsp3) is 0.500. The molecule has 0 fully saturated rings. The molecule has 1 aromatic rings. The Kier molecular flexibility index (Phi) is 4.12. The highest BCUT2D eigenvalue weighted by Gasteiger charge is 2.04. The van der Waals surface area contributed by atoms with E-state index in [-0.39, 0.29) is 5.78 Å². The number of rotatable bonds is 5. The van der Waals surface area contributed by atoms with Gasteiger partial charge in [0.1, 0.15) is 0 Å². The van der Waals surface area contributed by atoms with Gasteiger partial charge in [0.05, 0.1) is 6.54 Å². The van der Waals surface area contributed by atoms with E-state index in [9.17, 15) is 4.79 Å². The predicted octanol–water partition coefficient (Wildman–Crippen LogP) is 1.64. The molecule has 0 saturated carbocycles. The van der Waals surface area contributed by atoms with E-state index in [2.05, 4.69) is 24.4 Å². The topological polar surface area (TPSA) is 29.1 Å². The summed E-state index contributed by atoms with van der Waals surface area (Å²) in [6, 6.07) is 4.16. The molecule has 0 atom stereocenters. The van der Waals surface area contributed by atoms with Crippen molar-refractivity contribution in [3.63, 3.8) is 0 Å². The van der Waals surface area contributed by atoms with Crippen LogP contribution in [0, 0.1) is 0 Å². The highest BCUT2D eigenvalue weighted by Crippen LogP contribution is 2.17. The van der Waals surface area contributed by atoms with Crippen molar-refractivity contribution >= 4 is 17.1 Å². The first-order chi connectivity index (χ1) is 6.26. The normalized spacial score (nSPS) is 10.3. The lowest BCUT2D eigenvalue weighted by molar-refractivity contribution is -0.117. The van der Waals surface area contributed by atoms with Gasteiger partial charge in [-0.1, -0.05) is 6.92 Å². The van der Waals surface area contributed by atoms with E-state index in [1.165, 1.54) is 9.75 Å². The van der Waals surface area contributed by atoms with Crippen molar-refractivity contribution in [1.29, 1.82) is 0 Å². The Morgan fingerprint density at radius 3 is 2.69 bits per heavy atom. The number of carbonyl (C=O) groups excluding carboxylic acids is 1. The molecular formula is C10H15NOS. The van der Waals surface area contributed by atoms with Crippen LogP contribution in [0.1, 0.15) is 16.7 Å². The van der Waals surface area contributed by atoms with Crippen molar-refractivity contribution < 1.29 is 4.79 Å². The van der Waals surface area contributed by atoms with E-state index in [4.69, 9.17) is 0 Å². The molecule has 13 heavy (non-hydrogen) atoms. The van der Waals surface area contributed by atoms with Crippen molar-refractivity contribution in [2.45, 2.75) is 19.8 Å². The van der Waals surface area contributed by atoms with E-state index in [1.807, 2.05) is 0 Å². The van der Waals surface area contributed by atoms with Gasteiger partial charge in [-0.05, 0) is 25.6 Å². The second kappa shape index (κ2) is 5.14. The maximum Gasteiger partial charge on any atom is 0.151 e. The lowest BCUT2D eigenvalue weighted by Gasteiger charge is -1.96. The third kappa shape index (κ3) is 3.28. The molecule has 0 amide bonds. The van der Waals surface area contributed by atoms with Crippen LogP contribution in [0.25, 0.3) is 0 Å². The van der Waals surface area contributed by atoms with Gasteiger partial charge >= 0.3 is 0 Å². The number of nitrogens with one attached hydrogen (secondary N) is 1. The molecule has 0 aliphatic carbocycles. The van der Waals surface area contributed by atoms with E-state index >= 15 is 0 Å². The molecular weight excluding hydrogens is 182 g/mol. The molecule has 0 saturated heterocycles. The molecule has 0 spiro atoms. The summed E-state index contributed by atoms with van der Waals surface area (Å²) in [5, 5.41) is 2.86. The number of carbonyl (C=O) groups is 1. The Hall–Kier alpha value is -0.670. The fourth-order valence-corrected chi connectivity index (χ4v) is 2.15. The quantitative estimate of drug-likeness (QED) is 0.777. The van der Waals surface area contributed by atoms with Crippen LogP contribution in [0.4, 0.5) is 0 Å². The fourth-order valence-electron chi connectivity index (χ4n) is 1.16. The first-order valence-corrected chi connectivity index (χ1v) is 5.31. The molecule has 3 heteroatoms. The Morgan fingerprint density at radius 2 is 2.15 bits per heavy atom. The average Bonchev–Trinajstić information content (AvgIpc) is 2.52. The second-order valence-electron chi connectivity index (χ2n) is 2.97. The first kappa shape index (κ1) is 10.4. The lowest BCUT2D eigenvalue weighted by atomic mass is 10.2. The largest absolute Gasteiger partial charge is 0.313 e. The second-order valence-corrected chi connectivity index (χ2v) is 4.22. The molecule has 0 radical (unpaired) electrons. The summed E-state index contributed by atoms with van der Waals surface area (Å²) in [7, 11) is 1.80. The van der Waals surface area contributed by atoms with E-state index in [1.54, 1.807) is 18.4 Å². The highest BCUT2D eigenvalue weighted by atomic mass is 32.1. The van der Waals surface area contributed by atoms with E-state index < -0.39 is 0 Å². The molecule has 0 aliphatic heterocycles. The van der Waals surface area contributed by atoms with Crippen LogP contribution < -0.4 is 5.32 Å². The number of likely N-dealkylation sites (N-methyl/N-ethyl adjacent to an activating group) is 1. The van der Waals surface area contributed by atoms with Crippen molar-refractivity contribution in [3.05, 3.63) is 21.9 Å². The van der Waals surface area contributed by atoms with Crippen LogP contribution >= 0.6 is 11.3 Å². The summed E-state index contributed by atoms with van der Waals surface area (Å²) in [4.78, 5) is 13.8. The zero-order valence-corrected chi connectivity index (χ0v) is 8.91. The van der Waals surface area contributed by atoms with Gasteiger partial charge in [-0.25, -0.2) is 0 Å². The van der Waals surface area contributed by atoms with Gasteiger partial charge in [-0.2, -0.15) is 0 Å². The summed E-state index contributed by atoms with van der Waals surface area (Å²) in [6.07, 6.45) is 1.64. The maximum atomic E-state index is 11.3. The zero-order valence-electron chi connectivity index (χ0n) is 8.09. The minimum Gasteiger partial charge on any atom is -0.313 e. The number of thiophene rings is 1. The molecule has 0 aliphatic rings. The Bertz CT molecular complexity index is 280. The van der Waals surface area contributed by atoms with Crippen molar-refractivity contribution in [3.8, 4) is 0 Å². The van der Waals surface area contributed by atoms with E-state index in [0.29, 0.717) is 13.0 Å². The van der Waals surface area contributed by atoms with Gasteiger partial charge in [-0.15, -0.1) is 11.3 Å². The van der Waals surface area contributed by atoms with Crippen molar-refractivity contribution in [2.24, 2.45) is 0 Å². The Morgan fingerprint density at radius 1 is 1.46 bits per heavy atom. The minimum atomic E-state index is 0.256. The van der Waals surface area contributed by atoms with Gasteiger partial charge in [0, 0.05) is 16.2 Å². The Balaban J connectivity index is 2.49. The number of hydrogen-bond acceptors (Lipinski definition) is 3. The van der Waals surface area contributed by atoms with Gasteiger partial charge in [0.15, 0.2) is 5.78 Å². The molecule has 1 N–H and O–H groups in total. The SMILES string of the molecule is CCc1ccc(CC(=O)CNC)s1. The molecule has 1 rings (SSSR count). The third-order valence-corrected chi connectivity index (χ3v) is 3.04. The maximum absolute atomic E-state index is 11.3. The smallest absolute Gasteiger partial charge is 0.151 e. The van der Waals surface area contributed by atoms with Gasteiger partial charge in [-0.3, -0.25) is 4.79 Å². The van der Waals surface area contributed by atoms with Gasteiger partial charge < -0.3 is 5.32 Å².